The van der Waals surface area contributed by atoms with E-state index in [2.05, 4.69) is 5.32 Å². The summed E-state index contributed by atoms with van der Waals surface area (Å²) in [6.45, 7) is 5.71. The average Bonchev–Trinajstić information content (AvgIpc) is 2.25. The van der Waals surface area contributed by atoms with Gasteiger partial charge >= 0.3 is 0 Å². The first-order valence-corrected chi connectivity index (χ1v) is 5.64. The van der Waals surface area contributed by atoms with Gasteiger partial charge in [0, 0.05) is 6.54 Å². The van der Waals surface area contributed by atoms with Gasteiger partial charge < -0.3 is 15.2 Å². The number of hydrogen-bond donors (Lipinski definition) is 2. The van der Waals surface area contributed by atoms with Crippen LogP contribution in [-0.4, -0.2) is 30.3 Å². The van der Waals surface area contributed by atoms with Gasteiger partial charge in [-0.15, -0.1) is 0 Å². The Balaban J connectivity index is 2.47. The monoisotopic (exact) mass is 237 g/mol. The number of amides is 1. The topological polar surface area (TPSA) is 58.6 Å². The fourth-order valence-corrected chi connectivity index (χ4v) is 1.48. The summed E-state index contributed by atoms with van der Waals surface area (Å²) >= 11 is 0. The number of nitrogens with one attached hydrogen (secondary N) is 1. The van der Waals surface area contributed by atoms with Crippen molar-refractivity contribution in [3.8, 4) is 5.75 Å². The summed E-state index contributed by atoms with van der Waals surface area (Å²) in [6, 6.07) is 5.83. The van der Waals surface area contributed by atoms with Crippen LogP contribution in [0.3, 0.4) is 0 Å². The van der Waals surface area contributed by atoms with Crippen molar-refractivity contribution in [1.29, 1.82) is 0 Å². The van der Waals surface area contributed by atoms with E-state index in [1.165, 1.54) is 0 Å². The minimum absolute atomic E-state index is 0.0294. The Morgan fingerprint density at radius 2 is 2.00 bits per heavy atom. The number of para-hydroxylation sites is 1. The van der Waals surface area contributed by atoms with Gasteiger partial charge in [0.25, 0.3) is 5.91 Å². The first kappa shape index (κ1) is 13.5. The first-order chi connectivity index (χ1) is 8.00. The lowest BCUT2D eigenvalue weighted by Gasteiger charge is -2.12. The Labute approximate surface area is 102 Å². The Bertz CT molecular complexity index is 368. The van der Waals surface area contributed by atoms with Gasteiger partial charge in [-0.05, 0) is 31.9 Å². The summed E-state index contributed by atoms with van der Waals surface area (Å²) in [4.78, 5) is 11.4. The molecule has 4 heteroatoms. The van der Waals surface area contributed by atoms with Crippen molar-refractivity contribution in [3.05, 3.63) is 29.3 Å². The van der Waals surface area contributed by atoms with Gasteiger partial charge in [0.15, 0.2) is 6.61 Å². The number of hydrogen-bond acceptors (Lipinski definition) is 3. The molecule has 94 valence electrons. The number of carbonyl (C=O) groups is 1. The molecule has 0 radical (unpaired) electrons. The fourth-order valence-electron chi connectivity index (χ4n) is 1.48. The molecule has 0 aromatic heterocycles. The van der Waals surface area contributed by atoms with Crippen molar-refractivity contribution in [2.45, 2.75) is 26.9 Å². The second-order valence-electron chi connectivity index (χ2n) is 4.16. The van der Waals surface area contributed by atoms with Crippen LogP contribution >= 0.6 is 0 Å². The van der Waals surface area contributed by atoms with Crippen LogP contribution in [0.4, 0.5) is 0 Å². The van der Waals surface area contributed by atoms with Gasteiger partial charge in [-0.25, -0.2) is 0 Å². The maximum atomic E-state index is 11.4. The van der Waals surface area contributed by atoms with E-state index in [-0.39, 0.29) is 19.1 Å². The van der Waals surface area contributed by atoms with E-state index in [1.54, 1.807) is 6.92 Å². The van der Waals surface area contributed by atoms with Gasteiger partial charge in [-0.3, -0.25) is 4.79 Å². The van der Waals surface area contributed by atoms with E-state index < -0.39 is 6.10 Å². The molecule has 2 N–H and O–H groups in total. The molecule has 0 spiro atoms. The molecule has 0 unspecified atom stereocenters. The fraction of sp³-hybridized carbons (Fsp3) is 0.462. The zero-order chi connectivity index (χ0) is 12.8. The summed E-state index contributed by atoms with van der Waals surface area (Å²) < 4.78 is 5.47. The maximum absolute atomic E-state index is 11.4. The van der Waals surface area contributed by atoms with Crippen LogP contribution < -0.4 is 10.1 Å². The molecule has 0 saturated carbocycles. The van der Waals surface area contributed by atoms with Crippen molar-refractivity contribution >= 4 is 5.91 Å². The Morgan fingerprint density at radius 3 is 2.53 bits per heavy atom. The standard InChI is InChI=1S/C13H19NO3/c1-9-5-4-6-10(2)13(9)17-8-12(16)14-7-11(3)15/h4-6,11,15H,7-8H2,1-3H3,(H,14,16)/t11-/m0/s1. The minimum Gasteiger partial charge on any atom is -0.483 e. The number of aryl methyl sites for hydroxylation is 2. The normalized spacial score (nSPS) is 12.0. The second-order valence-corrected chi connectivity index (χ2v) is 4.16. The number of ether oxygens (including phenoxy) is 1. The first-order valence-electron chi connectivity index (χ1n) is 5.64. The van der Waals surface area contributed by atoms with Gasteiger partial charge in [0.1, 0.15) is 5.75 Å². The summed E-state index contributed by atoms with van der Waals surface area (Å²) in [6.07, 6.45) is -0.542. The van der Waals surface area contributed by atoms with Gasteiger partial charge in [0.2, 0.25) is 0 Å². The molecule has 0 fully saturated rings. The number of carbonyl (C=O) groups excluding carboxylic acids is 1. The van der Waals surface area contributed by atoms with Crippen molar-refractivity contribution in [1.82, 2.24) is 5.32 Å². The summed E-state index contributed by atoms with van der Waals surface area (Å²) in [5, 5.41) is 11.6. The van der Waals surface area contributed by atoms with Crippen molar-refractivity contribution < 1.29 is 14.6 Å². The van der Waals surface area contributed by atoms with Crippen LogP contribution in [0.5, 0.6) is 5.75 Å². The number of rotatable bonds is 5. The Kier molecular flexibility index (Phi) is 4.97. The lowest BCUT2D eigenvalue weighted by atomic mass is 10.1. The highest BCUT2D eigenvalue weighted by Gasteiger charge is 2.07. The van der Waals surface area contributed by atoms with Gasteiger partial charge in [-0.1, -0.05) is 18.2 Å². The molecule has 1 aromatic carbocycles. The zero-order valence-corrected chi connectivity index (χ0v) is 10.5. The predicted octanol–water partition coefficient (Wildman–Crippen LogP) is 1.18. The largest absolute Gasteiger partial charge is 0.483 e. The van der Waals surface area contributed by atoms with E-state index >= 15 is 0 Å². The molecule has 0 bridgehead atoms. The average molecular weight is 237 g/mol. The zero-order valence-electron chi connectivity index (χ0n) is 10.5. The molecule has 0 aliphatic carbocycles. The van der Waals surface area contributed by atoms with Crippen LogP contribution in [0.25, 0.3) is 0 Å². The highest BCUT2D eigenvalue weighted by atomic mass is 16.5. The van der Waals surface area contributed by atoms with Crippen LogP contribution in [-0.2, 0) is 4.79 Å². The van der Waals surface area contributed by atoms with Crippen molar-refractivity contribution in [3.63, 3.8) is 0 Å². The molecular weight excluding hydrogens is 218 g/mol. The molecule has 1 rings (SSSR count). The molecule has 0 saturated heterocycles. The molecule has 17 heavy (non-hydrogen) atoms. The van der Waals surface area contributed by atoms with Crippen LogP contribution in [0.15, 0.2) is 18.2 Å². The highest BCUT2D eigenvalue weighted by Crippen LogP contribution is 2.21. The lowest BCUT2D eigenvalue weighted by Crippen LogP contribution is -2.34. The molecule has 1 amide bonds. The van der Waals surface area contributed by atoms with E-state index in [1.807, 2.05) is 32.0 Å². The van der Waals surface area contributed by atoms with E-state index in [9.17, 15) is 4.79 Å². The summed E-state index contributed by atoms with van der Waals surface area (Å²) in [5.74, 6) is 0.522. The van der Waals surface area contributed by atoms with Crippen molar-refractivity contribution in [2.75, 3.05) is 13.2 Å². The number of aliphatic hydroxyl groups excluding tert-OH is 1. The SMILES string of the molecule is Cc1cccc(C)c1OCC(=O)NC[C@H](C)O. The maximum Gasteiger partial charge on any atom is 0.258 e. The molecular formula is C13H19NO3. The Morgan fingerprint density at radius 1 is 1.41 bits per heavy atom. The van der Waals surface area contributed by atoms with E-state index in [4.69, 9.17) is 9.84 Å². The Hall–Kier alpha value is -1.55. The smallest absolute Gasteiger partial charge is 0.258 e. The van der Waals surface area contributed by atoms with E-state index in [0.29, 0.717) is 0 Å². The molecule has 1 atom stereocenters. The van der Waals surface area contributed by atoms with Gasteiger partial charge in [-0.2, -0.15) is 0 Å². The molecule has 0 heterocycles. The quantitative estimate of drug-likeness (QED) is 0.808. The molecule has 1 aromatic rings. The van der Waals surface area contributed by atoms with Crippen LogP contribution in [0.1, 0.15) is 18.1 Å². The third-order valence-corrected chi connectivity index (χ3v) is 2.35. The second kappa shape index (κ2) is 6.25. The van der Waals surface area contributed by atoms with E-state index in [0.717, 1.165) is 16.9 Å². The highest BCUT2D eigenvalue weighted by molar-refractivity contribution is 5.77. The third kappa shape index (κ3) is 4.44. The van der Waals surface area contributed by atoms with Crippen molar-refractivity contribution in [2.24, 2.45) is 0 Å². The predicted molar refractivity (Wildman–Crippen MR) is 66.1 cm³/mol. The van der Waals surface area contributed by atoms with Crippen LogP contribution in [0, 0.1) is 13.8 Å². The number of aliphatic hydroxyl groups is 1. The summed E-state index contributed by atoms with van der Waals surface area (Å²) in [5.41, 5.74) is 2.02. The van der Waals surface area contributed by atoms with Crippen LogP contribution in [0.2, 0.25) is 0 Å². The third-order valence-electron chi connectivity index (χ3n) is 2.35. The molecule has 0 aliphatic heterocycles. The molecule has 0 aliphatic rings. The lowest BCUT2D eigenvalue weighted by molar-refractivity contribution is -0.123. The minimum atomic E-state index is -0.542. The number of benzene rings is 1. The molecule has 4 nitrogen and oxygen atoms in total. The van der Waals surface area contributed by atoms with Gasteiger partial charge in [0.05, 0.1) is 6.10 Å². The summed E-state index contributed by atoms with van der Waals surface area (Å²) in [7, 11) is 0.